The van der Waals surface area contributed by atoms with E-state index in [2.05, 4.69) is 15.1 Å². The molecule has 0 aliphatic carbocycles. The average molecular weight is 579 g/mol. The zero-order valence-electron chi connectivity index (χ0n) is 21.0. The summed E-state index contributed by atoms with van der Waals surface area (Å²) in [7, 11) is -2.42. The van der Waals surface area contributed by atoms with Gasteiger partial charge in [-0.05, 0) is 48.9 Å². The molecule has 1 saturated heterocycles. The lowest BCUT2D eigenvalue weighted by atomic mass is 10.1. The van der Waals surface area contributed by atoms with Crippen LogP contribution in [-0.4, -0.2) is 86.7 Å². The van der Waals surface area contributed by atoms with E-state index in [1.165, 1.54) is 31.4 Å². The van der Waals surface area contributed by atoms with Gasteiger partial charge in [0.25, 0.3) is 0 Å². The Hall–Kier alpha value is -2.76. The lowest BCUT2D eigenvalue weighted by Gasteiger charge is -2.26. The molecule has 3 aromatic rings. The molecule has 1 aliphatic heterocycles. The maximum atomic E-state index is 13.2. The largest absolute Gasteiger partial charge is 0.383 e. The Morgan fingerprint density at radius 2 is 1.74 bits per heavy atom. The minimum absolute atomic E-state index is 0.0561. The highest BCUT2D eigenvalue weighted by atomic mass is 35.5. The number of carbonyl (C=O) groups is 1. The lowest BCUT2D eigenvalue weighted by molar-refractivity contribution is -0.131. The third-order valence-corrected chi connectivity index (χ3v) is 8.72. The molecule has 202 valence electrons. The maximum absolute atomic E-state index is 13.2. The first-order valence-electron chi connectivity index (χ1n) is 12.2. The number of amides is 1. The van der Waals surface area contributed by atoms with Gasteiger partial charge in [-0.2, -0.15) is 4.31 Å². The van der Waals surface area contributed by atoms with Crippen LogP contribution in [0.25, 0.3) is 11.3 Å². The van der Waals surface area contributed by atoms with E-state index in [9.17, 15) is 13.2 Å². The average Bonchev–Trinajstić information content (AvgIpc) is 3.18. The summed E-state index contributed by atoms with van der Waals surface area (Å²) in [5.74, 6) is 0.447. The fourth-order valence-corrected chi connectivity index (χ4v) is 5.92. The second-order valence-electron chi connectivity index (χ2n) is 8.76. The number of hydrogen-bond acceptors (Lipinski definition) is 7. The number of methoxy groups -OCH3 is 1. The van der Waals surface area contributed by atoms with Gasteiger partial charge >= 0.3 is 0 Å². The number of anilines is 1. The molecule has 1 fully saturated rings. The summed E-state index contributed by atoms with van der Waals surface area (Å²) >= 11 is 12.2. The molecule has 1 aliphatic rings. The zero-order chi connectivity index (χ0) is 27.1. The Kier molecular flexibility index (Phi) is 9.56. The molecule has 1 amide bonds. The predicted molar refractivity (Wildman–Crippen MR) is 148 cm³/mol. The van der Waals surface area contributed by atoms with Crippen molar-refractivity contribution in [2.45, 2.75) is 11.3 Å². The summed E-state index contributed by atoms with van der Waals surface area (Å²) in [6.45, 7) is 2.14. The molecule has 0 bridgehead atoms. The van der Waals surface area contributed by atoms with Crippen LogP contribution in [0.1, 0.15) is 6.42 Å². The van der Waals surface area contributed by atoms with Gasteiger partial charge in [-0.25, -0.2) is 8.42 Å². The van der Waals surface area contributed by atoms with E-state index in [0.29, 0.717) is 54.2 Å². The summed E-state index contributed by atoms with van der Waals surface area (Å²) in [5, 5.41) is 9.78. The summed E-state index contributed by atoms with van der Waals surface area (Å²) < 4.78 is 32.8. The van der Waals surface area contributed by atoms with Crippen molar-refractivity contribution in [1.82, 2.24) is 19.4 Å². The van der Waals surface area contributed by atoms with Crippen LogP contribution < -0.4 is 4.90 Å². The van der Waals surface area contributed by atoms with Crippen LogP contribution in [0.3, 0.4) is 0 Å². The molecule has 1 aromatic heterocycles. The van der Waals surface area contributed by atoms with Gasteiger partial charge in [0.05, 0.1) is 28.8 Å². The first kappa shape index (κ1) is 28.3. The Morgan fingerprint density at radius 3 is 2.42 bits per heavy atom. The molecule has 0 unspecified atom stereocenters. The molecule has 0 radical (unpaired) electrons. The van der Waals surface area contributed by atoms with Gasteiger partial charge in [0.2, 0.25) is 15.9 Å². The molecule has 4 rings (SSSR count). The first-order valence-corrected chi connectivity index (χ1v) is 14.3. The minimum atomic E-state index is -3.91. The van der Waals surface area contributed by atoms with Gasteiger partial charge in [-0.15, -0.1) is 10.2 Å². The van der Waals surface area contributed by atoms with E-state index in [1.807, 2.05) is 36.4 Å². The highest BCUT2D eigenvalue weighted by Gasteiger charge is 2.29. The van der Waals surface area contributed by atoms with Gasteiger partial charge in [0.15, 0.2) is 5.82 Å². The van der Waals surface area contributed by atoms with Gasteiger partial charge in [-0.3, -0.25) is 4.79 Å². The molecular weight excluding hydrogens is 549 g/mol. The van der Waals surface area contributed by atoms with Crippen molar-refractivity contribution in [3.63, 3.8) is 0 Å². The van der Waals surface area contributed by atoms with Crippen molar-refractivity contribution in [1.29, 1.82) is 0 Å². The smallest absolute Gasteiger partial charge is 0.243 e. The normalized spacial score (nSPS) is 14.5. The van der Waals surface area contributed by atoms with E-state index in [-0.39, 0.29) is 30.5 Å². The Bertz CT molecular complexity index is 1340. The van der Waals surface area contributed by atoms with Crippen molar-refractivity contribution in [3.8, 4) is 11.3 Å². The Labute approximate surface area is 233 Å². The van der Waals surface area contributed by atoms with Crippen LogP contribution in [0.2, 0.25) is 10.0 Å². The SMILES string of the molecule is COCCN(CC(=O)N1CCCN(c2ccc(-c3ccccc3Cl)nn2)CC1)S(=O)(=O)c1ccc(Cl)cc1. The number of rotatable bonds is 9. The standard InChI is InChI=1S/C26H29Cl2N5O4S/c1-37-18-17-33(38(35,36)21-9-7-20(27)8-10-21)19-26(34)32-14-4-13-31(15-16-32)25-12-11-24(29-30-25)22-5-2-3-6-23(22)28/h2-3,5-12H,4,13-19H2,1H3. The molecule has 2 heterocycles. The summed E-state index contributed by atoms with van der Waals surface area (Å²) in [5.41, 5.74) is 1.50. The molecule has 12 heteroatoms. The number of nitrogens with zero attached hydrogens (tertiary/aromatic N) is 5. The van der Waals surface area contributed by atoms with Crippen LogP contribution in [0, 0.1) is 0 Å². The quantitative estimate of drug-likeness (QED) is 0.381. The van der Waals surface area contributed by atoms with Crippen LogP contribution in [0.15, 0.2) is 65.6 Å². The molecule has 2 aromatic carbocycles. The summed E-state index contributed by atoms with van der Waals surface area (Å²) in [6.07, 6.45) is 0.710. The fraction of sp³-hybridized carbons (Fsp3) is 0.346. The predicted octanol–water partition coefficient (Wildman–Crippen LogP) is 3.83. The number of sulfonamides is 1. The van der Waals surface area contributed by atoms with Crippen molar-refractivity contribution >= 4 is 45.0 Å². The lowest BCUT2D eigenvalue weighted by Crippen LogP contribution is -2.45. The third kappa shape index (κ3) is 6.81. The Balaban J connectivity index is 1.41. The molecule has 9 nitrogen and oxygen atoms in total. The van der Waals surface area contributed by atoms with E-state index in [1.54, 1.807) is 4.90 Å². The summed E-state index contributed by atoms with van der Waals surface area (Å²) in [4.78, 5) is 17.1. The summed E-state index contributed by atoms with van der Waals surface area (Å²) in [6, 6.07) is 17.1. The number of benzene rings is 2. The molecule has 0 saturated carbocycles. The first-order chi connectivity index (χ1) is 18.3. The van der Waals surface area contributed by atoms with Crippen LogP contribution in [-0.2, 0) is 19.6 Å². The van der Waals surface area contributed by atoms with E-state index < -0.39 is 10.0 Å². The molecular formula is C26H29Cl2N5O4S. The van der Waals surface area contributed by atoms with Gasteiger partial charge in [0.1, 0.15) is 0 Å². The van der Waals surface area contributed by atoms with Crippen molar-refractivity contribution in [2.75, 3.05) is 57.9 Å². The van der Waals surface area contributed by atoms with Crippen molar-refractivity contribution in [3.05, 3.63) is 70.7 Å². The molecule has 38 heavy (non-hydrogen) atoms. The number of aromatic nitrogens is 2. The number of carbonyl (C=O) groups excluding carboxylic acids is 1. The third-order valence-electron chi connectivity index (χ3n) is 6.28. The molecule has 0 N–H and O–H groups in total. The number of hydrogen-bond donors (Lipinski definition) is 0. The molecule has 0 atom stereocenters. The van der Waals surface area contributed by atoms with Crippen LogP contribution in [0.4, 0.5) is 5.82 Å². The second kappa shape index (κ2) is 12.9. The maximum Gasteiger partial charge on any atom is 0.243 e. The topological polar surface area (TPSA) is 95.9 Å². The Morgan fingerprint density at radius 1 is 0.974 bits per heavy atom. The van der Waals surface area contributed by atoms with Crippen molar-refractivity contribution < 1.29 is 17.9 Å². The number of ether oxygens (including phenoxy) is 1. The minimum Gasteiger partial charge on any atom is -0.383 e. The van der Waals surface area contributed by atoms with Crippen molar-refractivity contribution in [2.24, 2.45) is 0 Å². The van der Waals surface area contributed by atoms with Gasteiger partial charge < -0.3 is 14.5 Å². The van der Waals surface area contributed by atoms with Gasteiger partial charge in [0, 0.05) is 50.4 Å². The van der Waals surface area contributed by atoms with E-state index in [0.717, 1.165) is 9.87 Å². The highest BCUT2D eigenvalue weighted by Crippen LogP contribution is 2.26. The van der Waals surface area contributed by atoms with Crippen LogP contribution in [0.5, 0.6) is 0 Å². The zero-order valence-corrected chi connectivity index (χ0v) is 23.3. The van der Waals surface area contributed by atoms with E-state index in [4.69, 9.17) is 27.9 Å². The van der Waals surface area contributed by atoms with Crippen LogP contribution >= 0.6 is 23.2 Å². The van der Waals surface area contributed by atoms with Gasteiger partial charge in [-0.1, -0.05) is 41.4 Å². The highest BCUT2D eigenvalue weighted by molar-refractivity contribution is 7.89. The number of halogens is 2. The fourth-order valence-electron chi connectivity index (χ4n) is 4.19. The second-order valence-corrected chi connectivity index (χ2v) is 11.5. The van der Waals surface area contributed by atoms with E-state index >= 15 is 0 Å². The monoisotopic (exact) mass is 577 g/mol. The molecule has 0 spiro atoms.